The van der Waals surface area contributed by atoms with Gasteiger partial charge >= 0.3 is 0 Å². The quantitative estimate of drug-likeness (QED) is 0.829. The van der Waals surface area contributed by atoms with Gasteiger partial charge in [-0.25, -0.2) is 18.1 Å². The molecule has 0 bridgehead atoms. The number of rotatable bonds is 6. The van der Waals surface area contributed by atoms with Crippen LogP contribution in [0.3, 0.4) is 0 Å². The highest BCUT2D eigenvalue weighted by Crippen LogP contribution is 2.10. The van der Waals surface area contributed by atoms with Gasteiger partial charge in [0.2, 0.25) is 5.91 Å². The molecule has 0 aliphatic heterocycles. The van der Waals surface area contributed by atoms with Crippen LogP contribution in [-0.4, -0.2) is 40.6 Å². The van der Waals surface area contributed by atoms with Crippen molar-refractivity contribution in [3.63, 3.8) is 0 Å². The second-order valence-electron chi connectivity index (χ2n) is 5.05. The zero-order valence-corrected chi connectivity index (χ0v) is 13.2. The Morgan fingerprint density at radius 3 is 2.59 bits per heavy atom. The Morgan fingerprint density at radius 2 is 2.00 bits per heavy atom. The van der Waals surface area contributed by atoms with Gasteiger partial charge in [-0.2, -0.15) is 5.10 Å². The monoisotopic (exact) mass is 322 g/mol. The zero-order chi connectivity index (χ0) is 16.2. The minimum Gasteiger partial charge on any atom is -0.351 e. The Kier molecular flexibility index (Phi) is 4.92. The molecule has 0 spiro atoms. The van der Waals surface area contributed by atoms with Gasteiger partial charge in [0.1, 0.15) is 17.9 Å². The molecular weight excluding hydrogens is 304 g/mol. The highest BCUT2D eigenvalue weighted by atomic mass is 32.2. The molecule has 2 rings (SSSR count). The number of amides is 1. The van der Waals surface area contributed by atoms with Gasteiger partial charge in [-0.05, 0) is 18.1 Å². The molecule has 8 heteroatoms. The maximum Gasteiger partial charge on any atom is 0.238 e. The van der Waals surface area contributed by atoms with Crippen molar-refractivity contribution in [3.05, 3.63) is 48.0 Å². The second-order valence-corrected chi connectivity index (χ2v) is 7.42. The molecule has 1 atom stereocenters. The van der Waals surface area contributed by atoms with Gasteiger partial charge in [0.05, 0.1) is 6.54 Å². The summed E-state index contributed by atoms with van der Waals surface area (Å²) in [7, 11) is -3.39. The largest absolute Gasteiger partial charge is 0.351 e. The summed E-state index contributed by atoms with van der Waals surface area (Å²) in [4.78, 5) is 15.8. The highest BCUT2D eigenvalue weighted by Gasteiger charge is 2.23. The summed E-state index contributed by atoms with van der Waals surface area (Å²) >= 11 is 0. The van der Waals surface area contributed by atoms with E-state index in [2.05, 4.69) is 15.4 Å². The third-order valence-corrected chi connectivity index (χ3v) is 4.88. The lowest BCUT2D eigenvalue weighted by Crippen LogP contribution is -2.37. The van der Waals surface area contributed by atoms with Crippen LogP contribution >= 0.6 is 0 Å². The van der Waals surface area contributed by atoms with Crippen molar-refractivity contribution < 1.29 is 13.2 Å². The molecule has 0 saturated carbocycles. The van der Waals surface area contributed by atoms with E-state index >= 15 is 0 Å². The number of hydrogen-bond donors (Lipinski definition) is 1. The first kappa shape index (κ1) is 16.2. The van der Waals surface area contributed by atoms with E-state index in [0.717, 1.165) is 17.4 Å². The molecule has 1 amide bonds. The minimum atomic E-state index is -3.39. The van der Waals surface area contributed by atoms with E-state index in [1.54, 1.807) is 11.0 Å². The molecule has 2 aromatic rings. The summed E-state index contributed by atoms with van der Waals surface area (Å²) in [5.74, 6) is -0.502. The predicted octanol–water partition coefficient (Wildman–Crippen LogP) is 0.376. The van der Waals surface area contributed by atoms with Crippen LogP contribution < -0.4 is 5.32 Å². The van der Waals surface area contributed by atoms with Crippen molar-refractivity contribution in [1.29, 1.82) is 0 Å². The van der Waals surface area contributed by atoms with Gasteiger partial charge in [-0.1, -0.05) is 24.3 Å². The van der Waals surface area contributed by atoms with Gasteiger partial charge in [-0.15, -0.1) is 0 Å². The molecular formula is C14H18N4O3S. The maximum atomic E-state index is 11.9. The van der Waals surface area contributed by atoms with Crippen LogP contribution in [0, 0.1) is 0 Å². The zero-order valence-electron chi connectivity index (χ0n) is 12.4. The fourth-order valence-electron chi connectivity index (χ4n) is 1.89. The molecule has 1 N–H and O–H groups in total. The van der Waals surface area contributed by atoms with Crippen LogP contribution in [0.4, 0.5) is 0 Å². The lowest BCUT2D eigenvalue weighted by atomic mass is 10.1. The van der Waals surface area contributed by atoms with Crippen molar-refractivity contribution in [2.24, 2.45) is 0 Å². The molecule has 1 aromatic carbocycles. The summed E-state index contributed by atoms with van der Waals surface area (Å²) in [6, 6.07) is 7.59. The lowest BCUT2D eigenvalue weighted by Gasteiger charge is -2.13. The summed E-state index contributed by atoms with van der Waals surface area (Å²) < 4.78 is 24.4. The van der Waals surface area contributed by atoms with Crippen LogP contribution in [0.2, 0.25) is 0 Å². The summed E-state index contributed by atoms with van der Waals surface area (Å²) in [5.41, 5.74) is 1.90. The van der Waals surface area contributed by atoms with E-state index in [1.165, 1.54) is 13.3 Å². The number of hydrogen-bond acceptors (Lipinski definition) is 5. The van der Waals surface area contributed by atoms with Crippen molar-refractivity contribution in [2.75, 3.05) is 6.26 Å². The maximum absolute atomic E-state index is 11.9. The highest BCUT2D eigenvalue weighted by molar-refractivity contribution is 7.92. The first-order valence-electron chi connectivity index (χ1n) is 6.73. The number of nitrogens with one attached hydrogen (secondary N) is 1. The first-order chi connectivity index (χ1) is 10.4. The fourth-order valence-corrected chi connectivity index (χ4v) is 2.37. The van der Waals surface area contributed by atoms with Gasteiger partial charge in [-0.3, -0.25) is 4.79 Å². The summed E-state index contributed by atoms with van der Waals surface area (Å²) in [5, 5.41) is 5.65. The Bertz CT molecular complexity index is 741. The number of aromatic nitrogens is 3. The SMILES string of the molecule is C[C@H](C(=O)NCc1ccccc1Cn1cncn1)S(C)(=O)=O. The van der Waals surface area contributed by atoms with Gasteiger partial charge in [0.25, 0.3) is 0 Å². The van der Waals surface area contributed by atoms with Crippen LogP contribution in [0.15, 0.2) is 36.9 Å². The Morgan fingerprint density at radius 1 is 1.32 bits per heavy atom. The average molecular weight is 322 g/mol. The molecule has 0 radical (unpaired) electrons. The van der Waals surface area contributed by atoms with E-state index < -0.39 is 21.0 Å². The van der Waals surface area contributed by atoms with E-state index in [4.69, 9.17) is 0 Å². The molecule has 1 aromatic heterocycles. The number of carbonyl (C=O) groups excluding carboxylic acids is 1. The first-order valence-corrected chi connectivity index (χ1v) is 8.69. The van der Waals surface area contributed by atoms with Crippen molar-refractivity contribution in [3.8, 4) is 0 Å². The molecule has 1 heterocycles. The molecule has 7 nitrogen and oxygen atoms in total. The topological polar surface area (TPSA) is 93.9 Å². The van der Waals surface area contributed by atoms with E-state index in [0.29, 0.717) is 6.54 Å². The molecule has 118 valence electrons. The fraction of sp³-hybridized carbons (Fsp3) is 0.357. The van der Waals surface area contributed by atoms with Gasteiger partial charge in [0.15, 0.2) is 9.84 Å². The number of nitrogens with zero attached hydrogens (tertiary/aromatic N) is 3. The van der Waals surface area contributed by atoms with Crippen LogP contribution in [0.1, 0.15) is 18.1 Å². The molecule has 0 aliphatic rings. The Balaban J connectivity index is 2.06. The predicted molar refractivity (Wildman–Crippen MR) is 81.7 cm³/mol. The summed E-state index contributed by atoms with van der Waals surface area (Å²) in [6.07, 6.45) is 4.12. The molecule has 0 saturated heterocycles. The second kappa shape index (κ2) is 6.69. The van der Waals surface area contributed by atoms with Crippen molar-refractivity contribution in [1.82, 2.24) is 20.1 Å². The molecule has 22 heavy (non-hydrogen) atoms. The Labute approximate surface area is 129 Å². The Hall–Kier alpha value is -2.22. The van der Waals surface area contributed by atoms with Crippen molar-refractivity contribution >= 4 is 15.7 Å². The van der Waals surface area contributed by atoms with Gasteiger partial charge < -0.3 is 5.32 Å². The number of carbonyl (C=O) groups is 1. The normalized spacial score (nSPS) is 12.8. The van der Waals surface area contributed by atoms with E-state index in [9.17, 15) is 13.2 Å². The van der Waals surface area contributed by atoms with Crippen molar-refractivity contribution in [2.45, 2.75) is 25.3 Å². The minimum absolute atomic E-state index is 0.267. The average Bonchev–Trinajstić information content (AvgIpc) is 2.97. The third-order valence-electron chi connectivity index (χ3n) is 3.38. The van der Waals surface area contributed by atoms with Gasteiger partial charge in [0, 0.05) is 12.8 Å². The number of sulfone groups is 1. The van der Waals surface area contributed by atoms with Crippen LogP contribution in [0.5, 0.6) is 0 Å². The lowest BCUT2D eigenvalue weighted by molar-refractivity contribution is -0.120. The van der Waals surface area contributed by atoms with Crippen LogP contribution in [0.25, 0.3) is 0 Å². The third kappa shape index (κ3) is 4.14. The molecule has 0 fully saturated rings. The summed E-state index contributed by atoms with van der Waals surface area (Å²) in [6.45, 7) is 2.18. The van der Waals surface area contributed by atoms with E-state index in [-0.39, 0.29) is 6.54 Å². The molecule has 0 unspecified atom stereocenters. The van der Waals surface area contributed by atoms with Crippen LogP contribution in [-0.2, 0) is 27.7 Å². The number of benzene rings is 1. The smallest absolute Gasteiger partial charge is 0.238 e. The molecule has 0 aliphatic carbocycles. The standard InChI is InChI=1S/C14H18N4O3S/c1-11(22(2,20)21)14(19)16-7-12-5-3-4-6-13(12)8-18-10-15-9-17-18/h3-6,9-11H,7-8H2,1-2H3,(H,16,19)/t11-/m1/s1. The van der Waals surface area contributed by atoms with E-state index in [1.807, 2.05) is 24.3 Å².